The zero-order valence-electron chi connectivity index (χ0n) is 11.7. The second-order valence-electron chi connectivity index (χ2n) is 4.56. The second-order valence-corrected chi connectivity index (χ2v) is 6.33. The van der Waals surface area contributed by atoms with E-state index in [1.807, 2.05) is 14.1 Å². The number of aryl methyl sites for hydroxylation is 2. The van der Waals surface area contributed by atoms with Crippen molar-refractivity contribution in [3.8, 4) is 0 Å². The molecule has 0 amide bonds. The lowest BCUT2D eigenvalue weighted by Gasteiger charge is -2.01. The molecule has 7 nitrogen and oxygen atoms in total. The molecule has 0 saturated heterocycles. The molecule has 2 aromatic heterocycles. The van der Waals surface area contributed by atoms with Gasteiger partial charge in [-0.15, -0.1) is 0 Å². The van der Waals surface area contributed by atoms with Gasteiger partial charge in [-0.05, 0) is 20.0 Å². The van der Waals surface area contributed by atoms with Crippen LogP contribution in [-0.2, 0) is 30.2 Å². The molecule has 0 aliphatic heterocycles. The minimum atomic E-state index is -3.55. The minimum absolute atomic E-state index is 0.107. The van der Waals surface area contributed by atoms with Crippen LogP contribution >= 0.6 is 0 Å². The van der Waals surface area contributed by atoms with Gasteiger partial charge in [0.1, 0.15) is 5.76 Å². The monoisotopic (exact) mass is 298 g/mol. The van der Waals surface area contributed by atoms with Gasteiger partial charge < -0.3 is 14.4 Å². The van der Waals surface area contributed by atoms with Crippen LogP contribution in [0, 0.1) is 6.92 Å². The van der Waals surface area contributed by atoms with E-state index in [0.29, 0.717) is 18.0 Å². The third kappa shape index (κ3) is 3.27. The molecular formula is C12H18N4O3S. The van der Waals surface area contributed by atoms with E-state index in [1.54, 1.807) is 29.8 Å². The standard InChI is InChI=1S/C12H18N4O3S/c1-9-4-10(15-19-9)6-14-20(17,18)12-5-11(7-13-2)16(3)8-12/h4-5,8,13-14H,6-7H2,1-3H3. The van der Waals surface area contributed by atoms with E-state index in [9.17, 15) is 8.42 Å². The zero-order chi connectivity index (χ0) is 14.8. The molecule has 0 fully saturated rings. The summed E-state index contributed by atoms with van der Waals surface area (Å²) in [5, 5.41) is 6.74. The molecule has 20 heavy (non-hydrogen) atoms. The summed E-state index contributed by atoms with van der Waals surface area (Å²) in [6.07, 6.45) is 1.59. The van der Waals surface area contributed by atoms with Crippen molar-refractivity contribution in [2.45, 2.75) is 24.9 Å². The first-order chi connectivity index (χ1) is 9.42. The lowest BCUT2D eigenvalue weighted by Crippen LogP contribution is -2.23. The SMILES string of the molecule is CNCc1cc(S(=O)(=O)NCc2cc(C)on2)cn1C. The van der Waals surface area contributed by atoms with Crippen LogP contribution < -0.4 is 10.0 Å². The summed E-state index contributed by atoms with van der Waals surface area (Å²) in [6.45, 7) is 2.47. The van der Waals surface area contributed by atoms with Crippen LogP contribution in [0.25, 0.3) is 0 Å². The van der Waals surface area contributed by atoms with E-state index >= 15 is 0 Å². The van der Waals surface area contributed by atoms with Crippen molar-refractivity contribution in [2.75, 3.05) is 7.05 Å². The van der Waals surface area contributed by atoms with Crippen LogP contribution in [0.3, 0.4) is 0 Å². The van der Waals surface area contributed by atoms with Crippen molar-refractivity contribution in [1.82, 2.24) is 19.8 Å². The van der Waals surface area contributed by atoms with E-state index in [2.05, 4.69) is 15.2 Å². The van der Waals surface area contributed by atoms with Crippen molar-refractivity contribution in [1.29, 1.82) is 0 Å². The van der Waals surface area contributed by atoms with Crippen molar-refractivity contribution >= 4 is 10.0 Å². The highest BCUT2D eigenvalue weighted by atomic mass is 32.2. The Morgan fingerprint density at radius 3 is 2.70 bits per heavy atom. The van der Waals surface area contributed by atoms with Gasteiger partial charge in [0.2, 0.25) is 10.0 Å². The molecule has 2 aromatic rings. The van der Waals surface area contributed by atoms with Gasteiger partial charge in [-0.1, -0.05) is 5.16 Å². The number of nitrogens with one attached hydrogen (secondary N) is 2. The number of nitrogens with zero attached hydrogens (tertiary/aromatic N) is 2. The Hall–Kier alpha value is -1.64. The Balaban J connectivity index is 2.11. The topological polar surface area (TPSA) is 89.2 Å². The summed E-state index contributed by atoms with van der Waals surface area (Å²) < 4.78 is 33.5. The lowest BCUT2D eigenvalue weighted by atomic mass is 10.4. The quantitative estimate of drug-likeness (QED) is 0.811. The number of hydrogen-bond donors (Lipinski definition) is 2. The lowest BCUT2D eigenvalue weighted by molar-refractivity contribution is 0.390. The van der Waals surface area contributed by atoms with Gasteiger partial charge in [0, 0.05) is 31.5 Å². The molecule has 8 heteroatoms. The summed E-state index contributed by atoms with van der Waals surface area (Å²) in [7, 11) is 0.0745. The average molecular weight is 298 g/mol. The van der Waals surface area contributed by atoms with Crippen LogP contribution in [0.5, 0.6) is 0 Å². The molecule has 0 aliphatic carbocycles. The van der Waals surface area contributed by atoms with E-state index < -0.39 is 10.0 Å². The van der Waals surface area contributed by atoms with Crippen LogP contribution in [0.15, 0.2) is 27.7 Å². The molecule has 110 valence electrons. The smallest absolute Gasteiger partial charge is 0.242 e. The highest BCUT2D eigenvalue weighted by molar-refractivity contribution is 7.89. The van der Waals surface area contributed by atoms with Gasteiger partial charge in [-0.25, -0.2) is 13.1 Å². The third-order valence-corrected chi connectivity index (χ3v) is 4.24. The summed E-state index contributed by atoms with van der Waals surface area (Å²) >= 11 is 0. The average Bonchev–Trinajstić information content (AvgIpc) is 2.95. The fourth-order valence-corrected chi connectivity index (χ4v) is 2.93. The van der Waals surface area contributed by atoms with Crippen molar-refractivity contribution in [3.63, 3.8) is 0 Å². The number of rotatable bonds is 6. The van der Waals surface area contributed by atoms with Gasteiger partial charge >= 0.3 is 0 Å². The summed E-state index contributed by atoms with van der Waals surface area (Å²) in [4.78, 5) is 0.241. The molecule has 0 radical (unpaired) electrons. The zero-order valence-corrected chi connectivity index (χ0v) is 12.5. The Morgan fingerprint density at radius 1 is 1.35 bits per heavy atom. The molecule has 2 rings (SSSR count). The molecule has 2 heterocycles. The van der Waals surface area contributed by atoms with Crippen LogP contribution in [-0.4, -0.2) is 25.2 Å². The summed E-state index contributed by atoms with van der Waals surface area (Å²) in [5.74, 6) is 0.648. The van der Waals surface area contributed by atoms with Gasteiger partial charge in [-0.3, -0.25) is 0 Å². The Morgan fingerprint density at radius 2 is 2.10 bits per heavy atom. The van der Waals surface area contributed by atoms with Gasteiger partial charge in [0.05, 0.1) is 17.1 Å². The van der Waals surface area contributed by atoms with Gasteiger partial charge in [0.25, 0.3) is 0 Å². The Labute approximate surface area is 118 Å². The highest BCUT2D eigenvalue weighted by Crippen LogP contribution is 2.14. The highest BCUT2D eigenvalue weighted by Gasteiger charge is 2.17. The molecular weight excluding hydrogens is 280 g/mol. The van der Waals surface area contributed by atoms with Crippen LogP contribution in [0.2, 0.25) is 0 Å². The first-order valence-electron chi connectivity index (χ1n) is 6.14. The third-order valence-electron chi connectivity index (χ3n) is 2.87. The van der Waals surface area contributed by atoms with Crippen LogP contribution in [0.1, 0.15) is 17.1 Å². The van der Waals surface area contributed by atoms with Gasteiger partial charge in [-0.2, -0.15) is 0 Å². The van der Waals surface area contributed by atoms with E-state index in [4.69, 9.17) is 4.52 Å². The fourth-order valence-electron chi connectivity index (χ4n) is 1.83. The molecule has 0 aromatic carbocycles. The maximum atomic E-state index is 12.2. The molecule has 0 saturated carbocycles. The first kappa shape index (κ1) is 14.8. The summed E-state index contributed by atoms with van der Waals surface area (Å²) in [5.41, 5.74) is 1.45. The van der Waals surface area contributed by atoms with E-state index in [-0.39, 0.29) is 11.4 Å². The number of aromatic nitrogens is 2. The molecule has 0 unspecified atom stereocenters. The summed E-state index contributed by atoms with van der Waals surface area (Å²) in [6, 6.07) is 3.34. The largest absolute Gasteiger partial charge is 0.361 e. The molecule has 0 atom stereocenters. The number of hydrogen-bond acceptors (Lipinski definition) is 5. The predicted octanol–water partition coefficient (Wildman–Crippen LogP) is 0.519. The predicted molar refractivity (Wildman–Crippen MR) is 73.4 cm³/mol. The second kappa shape index (κ2) is 5.78. The maximum Gasteiger partial charge on any atom is 0.242 e. The van der Waals surface area contributed by atoms with Crippen molar-refractivity contribution < 1.29 is 12.9 Å². The van der Waals surface area contributed by atoms with Crippen LogP contribution in [0.4, 0.5) is 0 Å². The fraction of sp³-hybridized carbons (Fsp3) is 0.417. The molecule has 0 spiro atoms. The first-order valence-corrected chi connectivity index (χ1v) is 7.62. The van der Waals surface area contributed by atoms with Gasteiger partial charge in [0.15, 0.2) is 0 Å². The number of sulfonamides is 1. The van der Waals surface area contributed by atoms with Crippen molar-refractivity contribution in [2.24, 2.45) is 7.05 Å². The Bertz CT molecular complexity index is 687. The molecule has 0 aliphatic rings. The molecule has 0 bridgehead atoms. The normalized spacial score (nSPS) is 11.9. The maximum absolute atomic E-state index is 12.2. The Kier molecular flexibility index (Phi) is 4.26. The minimum Gasteiger partial charge on any atom is -0.361 e. The molecule has 2 N–H and O–H groups in total. The van der Waals surface area contributed by atoms with E-state index in [1.165, 1.54) is 0 Å². The van der Waals surface area contributed by atoms with E-state index in [0.717, 1.165) is 5.69 Å². The van der Waals surface area contributed by atoms with Crippen molar-refractivity contribution in [3.05, 3.63) is 35.5 Å².